The summed E-state index contributed by atoms with van der Waals surface area (Å²) in [5, 5.41) is 2.99. The molecule has 0 atom stereocenters. The molecule has 1 aromatic carbocycles. The first kappa shape index (κ1) is 13.8. The Kier molecular flexibility index (Phi) is 5.25. The van der Waals surface area contributed by atoms with Gasteiger partial charge in [-0.05, 0) is 37.1 Å². The maximum Gasteiger partial charge on any atom is 0.251 e. The number of hydrogen-bond acceptors (Lipinski definition) is 3. The van der Waals surface area contributed by atoms with E-state index in [1.165, 1.54) is 0 Å². The molecule has 94 valence electrons. The van der Waals surface area contributed by atoms with Crippen LogP contribution in [0.25, 0.3) is 0 Å². The van der Waals surface area contributed by atoms with Gasteiger partial charge in [-0.15, -0.1) is 12.4 Å². The molecule has 1 saturated heterocycles. The number of rotatable bonds is 2. The monoisotopic (exact) mass is 256 g/mol. The second-order valence-corrected chi connectivity index (χ2v) is 3.98. The molecule has 1 amide bonds. The fourth-order valence-corrected chi connectivity index (χ4v) is 1.75. The molecular formula is C12H17ClN2O2. The third-order valence-corrected chi connectivity index (χ3v) is 2.73. The summed E-state index contributed by atoms with van der Waals surface area (Å²) in [5.74, 6) is -0.0353. The van der Waals surface area contributed by atoms with Crippen molar-refractivity contribution in [1.82, 2.24) is 5.32 Å². The smallest absolute Gasteiger partial charge is 0.251 e. The highest BCUT2D eigenvalue weighted by atomic mass is 35.5. The van der Waals surface area contributed by atoms with Crippen molar-refractivity contribution in [3.8, 4) is 0 Å². The average molecular weight is 257 g/mol. The summed E-state index contributed by atoms with van der Waals surface area (Å²) in [6.07, 6.45) is 1.78. The third-order valence-electron chi connectivity index (χ3n) is 2.73. The first-order valence-corrected chi connectivity index (χ1v) is 5.50. The normalized spacial score (nSPS) is 16.0. The van der Waals surface area contributed by atoms with E-state index in [4.69, 9.17) is 10.5 Å². The van der Waals surface area contributed by atoms with Gasteiger partial charge in [0, 0.05) is 30.5 Å². The van der Waals surface area contributed by atoms with E-state index in [-0.39, 0.29) is 24.4 Å². The molecule has 0 saturated carbocycles. The Balaban J connectivity index is 0.00000144. The van der Waals surface area contributed by atoms with Crippen LogP contribution in [0.1, 0.15) is 23.2 Å². The number of anilines is 1. The van der Waals surface area contributed by atoms with E-state index >= 15 is 0 Å². The van der Waals surface area contributed by atoms with Gasteiger partial charge < -0.3 is 15.8 Å². The number of carbonyl (C=O) groups is 1. The zero-order valence-corrected chi connectivity index (χ0v) is 10.3. The molecule has 0 spiro atoms. The number of ether oxygens (including phenoxy) is 1. The molecule has 3 N–H and O–H groups in total. The SMILES string of the molecule is Cl.Nc1ccc(C(=O)NC2CCOCC2)cc1. The quantitative estimate of drug-likeness (QED) is 0.790. The molecule has 1 aromatic rings. The van der Waals surface area contributed by atoms with Crippen molar-refractivity contribution >= 4 is 24.0 Å². The molecule has 5 heteroatoms. The second kappa shape index (κ2) is 6.47. The van der Waals surface area contributed by atoms with Crippen LogP contribution < -0.4 is 11.1 Å². The number of amides is 1. The van der Waals surface area contributed by atoms with Gasteiger partial charge in [0.2, 0.25) is 0 Å². The summed E-state index contributed by atoms with van der Waals surface area (Å²) < 4.78 is 5.23. The zero-order valence-electron chi connectivity index (χ0n) is 9.52. The van der Waals surface area contributed by atoms with E-state index in [9.17, 15) is 4.79 Å². The van der Waals surface area contributed by atoms with Crippen molar-refractivity contribution in [1.29, 1.82) is 0 Å². The van der Waals surface area contributed by atoms with Crippen LogP contribution in [-0.2, 0) is 4.74 Å². The summed E-state index contributed by atoms with van der Waals surface area (Å²) >= 11 is 0. The Morgan fingerprint density at radius 2 is 1.82 bits per heavy atom. The van der Waals surface area contributed by atoms with E-state index in [1.807, 2.05) is 0 Å². The molecule has 0 aliphatic carbocycles. The minimum Gasteiger partial charge on any atom is -0.399 e. The summed E-state index contributed by atoms with van der Waals surface area (Å²) in [5.41, 5.74) is 6.89. The van der Waals surface area contributed by atoms with Gasteiger partial charge in [-0.25, -0.2) is 0 Å². The van der Waals surface area contributed by atoms with Gasteiger partial charge in [0.25, 0.3) is 5.91 Å². The Bertz CT molecular complexity index is 361. The third kappa shape index (κ3) is 3.91. The summed E-state index contributed by atoms with van der Waals surface area (Å²) in [6, 6.07) is 7.19. The van der Waals surface area contributed by atoms with Crippen LogP contribution in [0.2, 0.25) is 0 Å². The lowest BCUT2D eigenvalue weighted by Gasteiger charge is -2.23. The predicted molar refractivity (Wildman–Crippen MR) is 69.4 cm³/mol. The average Bonchev–Trinajstić information content (AvgIpc) is 2.31. The molecule has 4 nitrogen and oxygen atoms in total. The van der Waals surface area contributed by atoms with Crippen LogP contribution in [0.3, 0.4) is 0 Å². The van der Waals surface area contributed by atoms with Crippen LogP contribution in [0.5, 0.6) is 0 Å². The summed E-state index contributed by atoms with van der Waals surface area (Å²) in [7, 11) is 0. The van der Waals surface area contributed by atoms with Crippen molar-refractivity contribution in [3.63, 3.8) is 0 Å². The number of hydrogen-bond donors (Lipinski definition) is 2. The standard InChI is InChI=1S/C12H16N2O2.ClH/c13-10-3-1-9(2-4-10)12(15)14-11-5-7-16-8-6-11;/h1-4,11H,5-8,13H2,(H,14,15);1H. The largest absolute Gasteiger partial charge is 0.399 e. The number of carbonyl (C=O) groups excluding carboxylic acids is 1. The van der Waals surface area contributed by atoms with Gasteiger partial charge in [-0.1, -0.05) is 0 Å². The minimum absolute atomic E-state index is 0. The van der Waals surface area contributed by atoms with Crippen LogP contribution in [-0.4, -0.2) is 25.2 Å². The molecule has 2 rings (SSSR count). The Morgan fingerprint density at radius 1 is 1.24 bits per heavy atom. The van der Waals surface area contributed by atoms with Gasteiger partial charge in [-0.3, -0.25) is 4.79 Å². The highest BCUT2D eigenvalue weighted by molar-refractivity contribution is 5.94. The number of nitrogens with two attached hydrogens (primary N) is 1. The first-order chi connectivity index (χ1) is 7.75. The number of benzene rings is 1. The highest BCUT2D eigenvalue weighted by Crippen LogP contribution is 2.09. The van der Waals surface area contributed by atoms with Gasteiger partial charge in [0.15, 0.2) is 0 Å². The van der Waals surface area contributed by atoms with Gasteiger partial charge in [0.1, 0.15) is 0 Å². The summed E-state index contributed by atoms with van der Waals surface area (Å²) in [4.78, 5) is 11.8. The van der Waals surface area contributed by atoms with Crippen molar-refractivity contribution in [2.75, 3.05) is 18.9 Å². The molecule has 17 heavy (non-hydrogen) atoms. The molecule has 0 unspecified atom stereocenters. The predicted octanol–water partition coefficient (Wildman–Crippen LogP) is 1.60. The zero-order chi connectivity index (χ0) is 11.4. The van der Waals surface area contributed by atoms with E-state index in [2.05, 4.69) is 5.32 Å². The lowest BCUT2D eigenvalue weighted by Crippen LogP contribution is -2.38. The van der Waals surface area contributed by atoms with Gasteiger partial charge >= 0.3 is 0 Å². The van der Waals surface area contributed by atoms with Crippen molar-refractivity contribution in [2.24, 2.45) is 0 Å². The van der Waals surface area contributed by atoms with E-state index < -0.39 is 0 Å². The Hall–Kier alpha value is -1.26. The molecule has 1 fully saturated rings. The maximum absolute atomic E-state index is 11.8. The maximum atomic E-state index is 11.8. The van der Waals surface area contributed by atoms with E-state index in [0.717, 1.165) is 26.1 Å². The van der Waals surface area contributed by atoms with Crippen molar-refractivity contribution in [3.05, 3.63) is 29.8 Å². The van der Waals surface area contributed by atoms with Crippen LogP contribution in [0.4, 0.5) is 5.69 Å². The number of halogens is 1. The van der Waals surface area contributed by atoms with Crippen LogP contribution >= 0.6 is 12.4 Å². The van der Waals surface area contributed by atoms with Gasteiger partial charge in [-0.2, -0.15) is 0 Å². The molecule has 0 bridgehead atoms. The summed E-state index contributed by atoms with van der Waals surface area (Å²) in [6.45, 7) is 1.46. The molecule has 1 aliphatic rings. The van der Waals surface area contributed by atoms with E-state index in [1.54, 1.807) is 24.3 Å². The fraction of sp³-hybridized carbons (Fsp3) is 0.417. The molecular weight excluding hydrogens is 240 g/mol. The van der Waals surface area contributed by atoms with Crippen molar-refractivity contribution in [2.45, 2.75) is 18.9 Å². The molecule has 1 aliphatic heterocycles. The fourth-order valence-electron chi connectivity index (χ4n) is 1.75. The highest BCUT2D eigenvalue weighted by Gasteiger charge is 2.16. The molecule has 1 heterocycles. The van der Waals surface area contributed by atoms with Gasteiger partial charge in [0.05, 0.1) is 0 Å². The van der Waals surface area contributed by atoms with Crippen LogP contribution in [0, 0.1) is 0 Å². The number of nitrogen functional groups attached to an aromatic ring is 1. The Labute approximate surface area is 107 Å². The first-order valence-electron chi connectivity index (χ1n) is 5.50. The van der Waals surface area contributed by atoms with Crippen molar-refractivity contribution < 1.29 is 9.53 Å². The minimum atomic E-state index is -0.0353. The number of nitrogens with one attached hydrogen (secondary N) is 1. The lowest BCUT2D eigenvalue weighted by atomic mass is 10.1. The topological polar surface area (TPSA) is 64.4 Å². The lowest BCUT2D eigenvalue weighted by molar-refractivity contribution is 0.0696. The van der Waals surface area contributed by atoms with Crippen LogP contribution in [0.15, 0.2) is 24.3 Å². The second-order valence-electron chi connectivity index (χ2n) is 3.98. The Morgan fingerprint density at radius 3 is 2.41 bits per heavy atom. The molecule has 0 radical (unpaired) electrons. The molecule has 0 aromatic heterocycles. The van der Waals surface area contributed by atoms with E-state index in [0.29, 0.717) is 11.3 Å².